The largest absolute Gasteiger partial charge is 0.322 e. The van der Waals surface area contributed by atoms with Gasteiger partial charge in [0.1, 0.15) is 0 Å². The molecule has 2 aromatic carbocycles. The highest BCUT2D eigenvalue weighted by Gasteiger charge is 2.26. The smallest absolute Gasteiger partial charge is 0.238 e. The van der Waals surface area contributed by atoms with E-state index in [0.717, 1.165) is 11.1 Å². The van der Waals surface area contributed by atoms with Crippen LogP contribution in [-0.2, 0) is 14.8 Å². The fourth-order valence-electron chi connectivity index (χ4n) is 3.11. The van der Waals surface area contributed by atoms with Crippen molar-refractivity contribution in [2.45, 2.75) is 6.92 Å². The number of carbonyl (C=O) groups is 1. The quantitative estimate of drug-likeness (QED) is 0.699. The molecule has 1 saturated heterocycles. The van der Waals surface area contributed by atoms with Gasteiger partial charge in [-0.2, -0.15) is 4.31 Å². The Morgan fingerprint density at radius 1 is 1.07 bits per heavy atom. The highest BCUT2D eigenvalue weighted by Crippen LogP contribution is 2.32. The zero-order valence-electron chi connectivity index (χ0n) is 16.5. The van der Waals surface area contributed by atoms with Gasteiger partial charge >= 0.3 is 0 Å². The second-order valence-corrected chi connectivity index (χ2v) is 9.64. The molecule has 0 atom stereocenters. The van der Waals surface area contributed by atoms with Gasteiger partial charge in [0.05, 0.1) is 22.3 Å². The molecule has 0 aromatic heterocycles. The molecular weight excluding hydrogens is 445 g/mol. The third-order valence-electron chi connectivity index (χ3n) is 4.84. The van der Waals surface area contributed by atoms with Crippen LogP contribution in [-0.4, -0.2) is 56.3 Å². The zero-order chi connectivity index (χ0) is 21.7. The van der Waals surface area contributed by atoms with Gasteiger partial charge in [0, 0.05) is 31.6 Å². The van der Waals surface area contributed by atoms with Gasteiger partial charge in [-0.05, 0) is 30.2 Å². The highest BCUT2D eigenvalue weighted by molar-refractivity contribution is 7.92. The Bertz CT molecular complexity index is 1030. The normalized spacial score (nSPS) is 16.1. The molecule has 0 unspecified atom stereocenters. The first kappa shape index (κ1) is 22.8. The van der Waals surface area contributed by atoms with E-state index in [9.17, 15) is 13.2 Å². The van der Waals surface area contributed by atoms with E-state index in [0.29, 0.717) is 41.9 Å². The molecule has 3 rings (SSSR count). The van der Waals surface area contributed by atoms with Crippen molar-refractivity contribution in [2.24, 2.45) is 0 Å². The molecule has 0 radical (unpaired) electrons. The maximum atomic E-state index is 12.5. The molecule has 2 aromatic rings. The molecule has 1 N–H and O–H groups in total. The van der Waals surface area contributed by atoms with Crippen molar-refractivity contribution >= 4 is 50.9 Å². The lowest BCUT2D eigenvalue weighted by atomic mass is 10.2. The summed E-state index contributed by atoms with van der Waals surface area (Å²) in [6.45, 7) is 3.53. The molecule has 0 bridgehead atoms. The number of halogens is 2. The molecule has 0 spiro atoms. The van der Waals surface area contributed by atoms with E-state index in [1.165, 1.54) is 9.71 Å². The SMILES string of the molecule is Cc1ccc(Cl)c(NC(=O)CN2CCN(S(=O)(=O)/C=C/c3ccccc3)CC2)c1Cl. The highest BCUT2D eigenvalue weighted by atomic mass is 35.5. The average molecular weight is 468 g/mol. The number of carbonyl (C=O) groups excluding carboxylic acids is 1. The first-order chi connectivity index (χ1) is 14.3. The number of benzene rings is 2. The number of hydrogen-bond donors (Lipinski definition) is 1. The van der Waals surface area contributed by atoms with Crippen LogP contribution in [0.5, 0.6) is 0 Å². The summed E-state index contributed by atoms with van der Waals surface area (Å²) in [5.74, 6) is -0.246. The monoisotopic (exact) mass is 467 g/mol. The van der Waals surface area contributed by atoms with Crippen LogP contribution in [0.15, 0.2) is 47.9 Å². The predicted octanol–water partition coefficient (Wildman–Crippen LogP) is 3.86. The Balaban J connectivity index is 1.54. The molecule has 0 aliphatic carbocycles. The number of rotatable bonds is 6. The number of anilines is 1. The molecule has 1 heterocycles. The van der Waals surface area contributed by atoms with E-state index in [1.54, 1.807) is 18.2 Å². The van der Waals surface area contributed by atoms with Crippen LogP contribution in [0.2, 0.25) is 10.0 Å². The van der Waals surface area contributed by atoms with Crippen molar-refractivity contribution < 1.29 is 13.2 Å². The summed E-state index contributed by atoms with van der Waals surface area (Å²) >= 11 is 12.4. The molecule has 1 aliphatic rings. The van der Waals surface area contributed by atoms with E-state index in [1.807, 2.05) is 42.2 Å². The third-order valence-corrected chi connectivity index (χ3v) is 7.21. The molecule has 0 saturated carbocycles. The summed E-state index contributed by atoms with van der Waals surface area (Å²) in [6, 6.07) is 12.7. The number of sulfonamides is 1. The molecule has 1 fully saturated rings. The number of amides is 1. The van der Waals surface area contributed by atoms with E-state index >= 15 is 0 Å². The van der Waals surface area contributed by atoms with Gasteiger partial charge in [-0.25, -0.2) is 8.42 Å². The van der Waals surface area contributed by atoms with Crippen LogP contribution in [0.3, 0.4) is 0 Å². The Hall–Kier alpha value is -1.90. The lowest BCUT2D eigenvalue weighted by Crippen LogP contribution is -2.49. The summed E-state index contributed by atoms with van der Waals surface area (Å²) in [5.41, 5.74) is 2.04. The topological polar surface area (TPSA) is 69.7 Å². The standard InChI is InChI=1S/C21H23Cl2N3O3S/c1-16-7-8-18(22)21(20(16)23)24-19(27)15-25-10-12-26(13-11-25)30(28,29)14-9-17-5-3-2-4-6-17/h2-9,14H,10-13,15H2,1H3,(H,24,27)/b14-9+. The minimum Gasteiger partial charge on any atom is -0.322 e. The third kappa shape index (κ3) is 5.83. The van der Waals surface area contributed by atoms with Crippen LogP contribution in [0, 0.1) is 6.92 Å². The van der Waals surface area contributed by atoms with Gasteiger partial charge in [0.2, 0.25) is 15.9 Å². The van der Waals surface area contributed by atoms with Crippen LogP contribution in [0.25, 0.3) is 6.08 Å². The lowest BCUT2D eigenvalue weighted by molar-refractivity contribution is -0.117. The number of hydrogen-bond acceptors (Lipinski definition) is 4. The summed E-state index contributed by atoms with van der Waals surface area (Å²) in [6.07, 6.45) is 1.59. The fraction of sp³-hybridized carbons (Fsp3) is 0.286. The van der Waals surface area contributed by atoms with Crippen LogP contribution < -0.4 is 5.32 Å². The molecule has 160 valence electrons. The minimum atomic E-state index is -3.51. The van der Waals surface area contributed by atoms with Crippen LogP contribution in [0.4, 0.5) is 5.69 Å². The van der Waals surface area contributed by atoms with Gasteiger partial charge in [0.25, 0.3) is 0 Å². The maximum absolute atomic E-state index is 12.5. The van der Waals surface area contributed by atoms with E-state index in [2.05, 4.69) is 5.32 Å². The van der Waals surface area contributed by atoms with Crippen molar-refractivity contribution in [3.8, 4) is 0 Å². The van der Waals surface area contributed by atoms with Crippen molar-refractivity contribution in [3.05, 3.63) is 69.0 Å². The van der Waals surface area contributed by atoms with Crippen molar-refractivity contribution in [1.29, 1.82) is 0 Å². The van der Waals surface area contributed by atoms with Gasteiger partial charge in [-0.1, -0.05) is 59.6 Å². The number of aryl methyl sites for hydroxylation is 1. The molecule has 6 nitrogen and oxygen atoms in total. The Morgan fingerprint density at radius 2 is 1.73 bits per heavy atom. The minimum absolute atomic E-state index is 0.133. The van der Waals surface area contributed by atoms with Crippen molar-refractivity contribution in [1.82, 2.24) is 9.21 Å². The van der Waals surface area contributed by atoms with Gasteiger partial charge in [-0.3, -0.25) is 9.69 Å². The van der Waals surface area contributed by atoms with Gasteiger partial charge in [0.15, 0.2) is 0 Å². The second-order valence-electron chi connectivity index (χ2n) is 7.04. The number of nitrogens with one attached hydrogen (secondary N) is 1. The summed E-state index contributed by atoms with van der Waals surface area (Å²) in [5, 5.41) is 4.78. The van der Waals surface area contributed by atoms with Crippen molar-refractivity contribution in [3.63, 3.8) is 0 Å². The van der Waals surface area contributed by atoms with Crippen LogP contribution >= 0.6 is 23.2 Å². The van der Waals surface area contributed by atoms with Crippen molar-refractivity contribution in [2.75, 3.05) is 38.0 Å². The molecule has 1 amide bonds. The van der Waals surface area contributed by atoms with E-state index in [-0.39, 0.29) is 12.5 Å². The Kier molecular flexibility index (Phi) is 7.55. The number of piperazine rings is 1. The zero-order valence-corrected chi connectivity index (χ0v) is 18.8. The predicted molar refractivity (Wildman–Crippen MR) is 122 cm³/mol. The van der Waals surface area contributed by atoms with E-state index < -0.39 is 10.0 Å². The first-order valence-electron chi connectivity index (χ1n) is 9.46. The first-order valence-corrected chi connectivity index (χ1v) is 11.7. The fourth-order valence-corrected chi connectivity index (χ4v) is 4.75. The van der Waals surface area contributed by atoms with E-state index in [4.69, 9.17) is 23.2 Å². The Morgan fingerprint density at radius 3 is 2.40 bits per heavy atom. The Labute approximate surface area is 187 Å². The molecule has 9 heteroatoms. The van der Waals surface area contributed by atoms with Gasteiger partial charge in [-0.15, -0.1) is 0 Å². The molecular formula is C21H23Cl2N3O3S. The second kappa shape index (κ2) is 9.94. The lowest BCUT2D eigenvalue weighted by Gasteiger charge is -2.32. The van der Waals surface area contributed by atoms with Crippen LogP contribution in [0.1, 0.15) is 11.1 Å². The molecule has 30 heavy (non-hydrogen) atoms. The molecule has 1 aliphatic heterocycles. The summed E-state index contributed by atoms with van der Waals surface area (Å²) < 4.78 is 26.5. The maximum Gasteiger partial charge on any atom is 0.238 e. The summed E-state index contributed by atoms with van der Waals surface area (Å²) in [7, 11) is -3.51. The summed E-state index contributed by atoms with van der Waals surface area (Å²) in [4.78, 5) is 14.3. The van der Waals surface area contributed by atoms with Gasteiger partial charge < -0.3 is 5.32 Å². The average Bonchev–Trinajstić information content (AvgIpc) is 2.74. The number of nitrogens with zero attached hydrogens (tertiary/aromatic N) is 2.